The van der Waals surface area contributed by atoms with Crippen molar-refractivity contribution in [3.63, 3.8) is 0 Å². The quantitative estimate of drug-likeness (QED) is 0.639. The predicted molar refractivity (Wildman–Crippen MR) is 79.3 cm³/mol. The molecule has 1 aliphatic heterocycles. The zero-order valence-corrected chi connectivity index (χ0v) is 12.5. The molecule has 0 aromatic rings. The lowest BCUT2D eigenvalue weighted by Gasteiger charge is -2.29. The van der Waals surface area contributed by atoms with Crippen LogP contribution < -0.4 is 10.6 Å². The summed E-state index contributed by atoms with van der Waals surface area (Å²) in [7, 11) is 0. The molecule has 0 spiro atoms. The summed E-state index contributed by atoms with van der Waals surface area (Å²) in [4.78, 5) is 27.0. The van der Waals surface area contributed by atoms with Gasteiger partial charge >= 0.3 is 12.0 Å². The predicted octanol–water partition coefficient (Wildman–Crippen LogP) is -0.0696. The monoisotopic (exact) mass is 298 g/mol. The highest BCUT2D eigenvalue weighted by Gasteiger charge is 2.28. The van der Waals surface area contributed by atoms with Crippen LogP contribution in [0.1, 0.15) is 25.7 Å². The second-order valence-electron chi connectivity index (χ2n) is 5.78. The summed E-state index contributed by atoms with van der Waals surface area (Å²) < 4.78 is 0. The minimum Gasteiger partial charge on any atom is -0.480 e. The van der Waals surface area contributed by atoms with Gasteiger partial charge in [0.2, 0.25) is 0 Å². The standard InChI is InChI=1S/C14H26N4O3/c19-13(20)11-18(12-3-1-2-4-12)14(21)16-7-10-17-8-5-15-6-9-17/h12,15H,1-11H2,(H,16,21)(H,19,20). The van der Waals surface area contributed by atoms with Crippen molar-refractivity contribution in [3.05, 3.63) is 0 Å². The number of hydrogen-bond acceptors (Lipinski definition) is 4. The van der Waals surface area contributed by atoms with Gasteiger partial charge in [0.25, 0.3) is 0 Å². The van der Waals surface area contributed by atoms with Crippen molar-refractivity contribution in [2.45, 2.75) is 31.7 Å². The van der Waals surface area contributed by atoms with Crippen molar-refractivity contribution in [2.75, 3.05) is 45.8 Å². The molecule has 1 saturated heterocycles. The van der Waals surface area contributed by atoms with Gasteiger partial charge in [-0.15, -0.1) is 0 Å². The van der Waals surface area contributed by atoms with Crippen LogP contribution in [0, 0.1) is 0 Å². The second kappa shape index (κ2) is 8.19. The number of urea groups is 1. The summed E-state index contributed by atoms with van der Waals surface area (Å²) in [5.74, 6) is -0.945. The highest BCUT2D eigenvalue weighted by molar-refractivity contribution is 5.80. The normalized spacial score (nSPS) is 20.4. The van der Waals surface area contributed by atoms with E-state index in [1.807, 2.05) is 0 Å². The molecule has 1 saturated carbocycles. The van der Waals surface area contributed by atoms with E-state index in [-0.39, 0.29) is 18.6 Å². The van der Waals surface area contributed by atoms with E-state index < -0.39 is 5.97 Å². The largest absolute Gasteiger partial charge is 0.480 e. The SMILES string of the molecule is O=C(O)CN(C(=O)NCCN1CCNCC1)C1CCCC1. The molecule has 0 aromatic carbocycles. The number of amides is 2. The van der Waals surface area contributed by atoms with Crippen LogP contribution in [-0.4, -0.2) is 78.8 Å². The van der Waals surface area contributed by atoms with Gasteiger partial charge < -0.3 is 20.6 Å². The lowest BCUT2D eigenvalue weighted by atomic mass is 10.2. The van der Waals surface area contributed by atoms with E-state index >= 15 is 0 Å². The molecule has 0 atom stereocenters. The first-order valence-corrected chi connectivity index (χ1v) is 7.86. The third kappa shape index (κ3) is 5.17. The Balaban J connectivity index is 1.75. The number of carboxylic acid groups (broad SMARTS) is 1. The Kier molecular flexibility index (Phi) is 6.25. The van der Waals surface area contributed by atoms with Crippen LogP contribution in [-0.2, 0) is 4.79 Å². The fourth-order valence-corrected chi connectivity index (χ4v) is 3.09. The average Bonchev–Trinajstić information content (AvgIpc) is 2.99. The smallest absolute Gasteiger partial charge is 0.323 e. The Morgan fingerprint density at radius 1 is 1.24 bits per heavy atom. The molecule has 120 valence electrons. The molecule has 0 unspecified atom stereocenters. The summed E-state index contributed by atoms with van der Waals surface area (Å²) in [5.41, 5.74) is 0. The maximum absolute atomic E-state index is 12.2. The highest BCUT2D eigenvalue weighted by atomic mass is 16.4. The minimum atomic E-state index is -0.945. The van der Waals surface area contributed by atoms with Gasteiger partial charge in [0, 0.05) is 45.3 Å². The van der Waals surface area contributed by atoms with Gasteiger partial charge in [0.15, 0.2) is 0 Å². The van der Waals surface area contributed by atoms with Crippen molar-refractivity contribution >= 4 is 12.0 Å². The molecule has 0 radical (unpaired) electrons. The minimum absolute atomic E-state index is 0.0836. The van der Waals surface area contributed by atoms with Crippen molar-refractivity contribution < 1.29 is 14.7 Å². The number of piperazine rings is 1. The first kappa shape index (κ1) is 16.0. The van der Waals surface area contributed by atoms with Crippen LogP contribution in [0.15, 0.2) is 0 Å². The summed E-state index contributed by atoms with van der Waals surface area (Å²) in [6.07, 6.45) is 3.99. The third-order valence-corrected chi connectivity index (χ3v) is 4.25. The van der Waals surface area contributed by atoms with Gasteiger partial charge in [-0.1, -0.05) is 12.8 Å². The molecule has 7 heteroatoms. The van der Waals surface area contributed by atoms with Gasteiger partial charge in [-0.3, -0.25) is 9.69 Å². The zero-order valence-electron chi connectivity index (χ0n) is 12.5. The number of hydrogen-bond donors (Lipinski definition) is 3. The van der Waals surface area contributed by atoms with Gasteiger partial charge in [-0.05, 0) is 12.8 Å². The van der Waals surface area contributed by atoms with Crippen molar-refractivity contribution in [1.29, 1.82) is 0 Å². The molecule has 21 heavy (non-hydrogen) atoms. The Morgan fingerprint density at radius 2 is 1.90 bits per heavy atom. The molecule has 0 bridgehead atoms. The van der Waals surface area contributed by atoms with E-state index in [1.54, 1.807) is 0 Å². The molecule has 3 N–H and O–H groups in total. The average molecular weight is 298 g/mol. The van der Waals surface area contributed by atoms with Gasteiger partial charge in [-0.25, -0.2) is 4.79 Å². The Morgan fingerprint density at radius 3 is 2.52 bits per heavy atom. The van der Waals surface area contributed by atoms with Gasteiger partial charge in [0.1, 0.15) is 6.54 Å². The summed E-state index contributed by atoms with van der Waals surface area (Å²) in [6, 6.07) is -0.153. The molecule has 1 heterocycles. The number of aliphatic carboxylic acids is 1. The Labute approximate surface area is 125 Å². The Bertz CT molecular complexity index is 352. The lowest BCUT2D eigenvalue weighted by molar-refractivity contribution is -0.138. The lowest BCUT2D eigenvalue weighted by Crippen LogP contribution is -2.50. The van der Waals surface area contributed by atoms with E-state index in [0.717, 1.165) is 58.4 Å². The highest BCUT2D eigenvalue weighted by Crippen LogP contribution is 2.23. The van der Waals surface area contributed by atoms with Crippen molar-refractivity contribution in [2.24, 2.45) is 0 Å². The number of rotatable bonds is 6. The number of nitrogens with one attached hydrogen (secondary N) is 2. The number of nitrogens with zero attached hydrogens (tertiary/aromatic N) is 2. The van der Waals surface area contributed by atoms with E-state index in [2.05, 4.69) is 15.5 Å². The molecule has 2 amide bonds. The van der Waals surface area contributed by atoms with Crippen LogP contribution in [0.2, 0.25) is 0 Å². The Hall–Kier alpha value is -1.34. The molecular formula is C14H26N4O3. The molecule has 2 fully saturated rings. The van der Waals surface area contributed by atoms with Crippen molar-refractivity contribution in [1.82, 2.24) is 20.4 Å². The maximum atomic E-state index is 12.2. The van der Waals surface area contributed by atoms with E-state index in [4.69, 9.17) is 5.11 Å². The molecule has 2 aliphatic rings. The van der Waals surface area contributed by atoms with Crippen LogP contribution in [0.5, 0.6) is 0 Å². The third-order valence-electron chi connectivity index (χ3n) is 4.25. The van der Waals surface area contributed by atoms with E-state index in [0.29, 0.717) is 6.54 Å². The summed E-state index contributed by atoms with van der Waals surface area (Å²) >= 11 is 0. The van der Waals surface area contributed by atoms with Crippen molar-refractivity contribution in [3.8, 4) is 0 Å². The second-order valence-corrected chi connectivity index (χ2v) is 5.78. The van der Waals surface area contributed by atoms with E-state index in [9.17, 15) is 9.59 Å². The number of carbonyl (C=O) groups is 2. The first-order chi connectivity index (χ1) is 10.2. The van der Waals surface area contributed by atoms with Crippen LogP contribution >= 0.6 is 0 Å². The fourth-order valence-electron chi connectivity index (χ4n) is 3.09. The molecule has 0 aromatic heterocycles. The molecule has 1 aliphatic carbocycles. The topological polar surface area (TPSA) is 84.9 Å². The summed E-state index contributed by atoms with van der Waals surface area (Å²) in [6.45, 7) is 5.15. The van der Waals surface area contributed by atoms with Gasteiger partial charge in [0.05, 0.1) is 0 Å². The molecular weight excluding hydrogens is 272 g/mol. The first-order valence-electron chi connectivity index (χ1n) is 7.86. The maximum Gasteiger partial charge on any atom is 0.323 e. The number of carboxylic acids is 1. The van der Waals surface area contributed by atoms with E-state index in [1.165, 1.54) is 4.90 Å². The van der Waals surface area contributed by atoms with Crippen LogP contribution in [0.3, 0.4) is 0 Å². The zero-order chi connectivity index (χ0) is 15.1. The van der Waals surface area contributed by atoms with Crippen LogP contribution in [0.4, 0.5) is 4.79 Å². The summed E-state index contributed by atoms with van der Waals surface area (Å²) in [5, 5.41) is 15.1. The van der Waals surface area contributed by atoms with Crippen LogP contribution in [0.25, 0.3) is 0 Å². The van der Waals surface area contributed by atoms with Gasteiger partial charge in [-0.2, -0.15) is 0 Å². The molecule has 7 nitrogen and oxygen atoms in total. The number of carbonyl (C=O) groups excluding carboxylic acids is 1. The fraction of sp³-hybridized carbons (Fsp3) is 0.857. The molecule has 2 rings (SSSR count).